The van der Waals surface area contributed by atoms with Gasteiger partial charge in [0.25, 0.3) is 0 Å². The fourth-order valence-corrected chi connectivity index (χ4v) is 10.3. The lowest BCUT2D eigenvalue weighted by Crippen LogP contribution is -2.17. The number of benzene rings is 9. The van der Waals surface area contributed by atoms with Crippen LogP contribution in [0.2, 0.25) is 0 Å². The van der Waals surface area contributed by atoms with Crippen molar-refractivity contribution in [2.75, 3.05) is 4.90 Å². The van der Waals surface area contributed by atoms with Crippen LogP contribution in [0.4, 0.5) is 17.1 Å². The summed E-state index contributed by atoms with van der Waals surface area (Å²) < 4.78 is 2.60. The Bertz CT molecular complexity index is 3110. The molecule has 1 nitrogen and oxygen atoms in total. The Morgan fingerprint density at radius 2 is 1.05 bits per heavy atom. The molecule has 1 aromatic heterocycles. The van der Waals surface area contributed by atoms with Crippen LogP contribution >= 0.6 is 11.3 Å². The first-order chi connectivity index (χ1) is 27.0. The van der Waals surface area contributed by atoms with Gasteiger partial charge in [-0.3, -0.25) is 0 Å². The molecule has 2 heteroatoms. The number of thiophene rings is 1. The van der Waals surface area contributed by atoms with Crippen LogP contribution < -0.4 is 4.90 Å². The highest BCUT2D eigenvalue weighted by Crippen LogP contribution is 2.54. The predicted molar refractivity (Wildman–Crippen MR) is 237 cm³/mol. The highest BCUT2D eigenvalue weighted by Gasteiger charge is 2.36. The molecule has 1 aliphatic rings. The van der Waals surface area contributed by atoms with E-state index in [1.54, 1.807) is 0 Å². The number of hydrogen-bond acceptors (Lipinski definition) is 2. The molecule has 0 bridgehead atoms. The molecule has 1 aliphatic carbocycles. The average Bonchev–Trinajstić information content (AvgIpc) is 3.73. The molecule has 0 fully saturated rings. The summed E-state index contributed by atoms with van der Waals surface area (Å²) in [5.74, 6) is 0. The van der Waals surface area contributed by atoms with E-state index < -0.39 is 0 Å². The third-order valence-corrected chi connectivity index (χ3v) is 13.0. The first-order valence-corrected chi connectivity index (χ1v) is 19.9. The van der Waals surface area contributed by atoms with Crippen LogP contribution in [-0.4, -0.2) is 0 Å². The van der Waals surface area contributed by atoms with Crippen molar-refractivity contribution >= 4 is 70.1 Å². The van der Waals surface area contributed by atoms with Crippen molar-refractivity contribution < 1.29 is 0 Å². The molecule has 0 amide bonds. The van der Waals surface area contributed by atoms with Crippen molar-refractivity contribution in [3.8, 4) is 33.4 Å². The summed E-state index contributed by atoms with van der Waals surface area (Å²) in [6, 6.07) is 69.7. The molecule has 1 heterocycles. The Labute approximate surface area is 325 Å². The van der Waals surface area contributed by atoms with Crippen LogP contribution in [0, 0.1) is 0 Å². The second-order valence-corrected chi connectivity index (χ2v) is 16.4. The van der Waals surface area contributed by atoms with Crippen LogP contribution in [0.15, 0.2) is 188 Å². The van der Waals surface area contributed by atoms with Crippen LogP contribution in [-0.2, 0) is 5.41 Å². The molecule has 0 saturated carbocycles. The Hall–Kier alpha value is -6.48. The molecule has 0 saturated heterocycles. The molecule has 10 aromatic rings. The van der Waals surface area contributed by atoms with Crippen molar-refractivity contribution in [2.24, 2.45) is 0 Å². The molecule has 0 aliphatic heterocycles. The van der Waals surface area contributed by atoms with Gasteiger partial charge in [-0.15, -0.1) is 11.3 Å². The lowest BCUT2D eigenvalue weighted by molar-refractivity contribution is 0.660. The van der Waals surface area contributed by atoms with Crippen LogP contribution in [0.5, 0.6) is 0 Å². The van der Waals surface area contributed by atoms with E-state index in [4.69, 9.17) is 0 Å². The Morgan fingerprint density at radius 3 is 1.89 bits per heavy atom. The number of fused-ring (bicyclic) bond motifs is 9. The largest absolute Gasteiger partial charge is 0.310 e. The van der Waals surface area contributed by atoms with Gasteiger partial charge in [-0.25, -0.2) is 0 Å². The molecule has 9 aromatic carbocycles. The van der Waals surface area contributed by atoms with Crippen LogP contribution in [0.25, 0.3) is 75.1 Å². The maximum absolute atomic E-state index is 2.51. The first-order valence-electron chi connectivity index (χ1n) is 19.1. The van der Waals surface area contributed by atoms with Gasteiger partial charge in [0, 0.05) is 42.5 Å². The Balaban J connectivity index is 1.24. The fourth-order valence-electron chi connectivity index (χ4n) is 9.22. The van der Waals surface area contributed by atoms with Crippen LogP contribution in [0.1, 0.15) is 25.0 Å². The zero-order chi connectivity index (χ0) is 36.7. The summed E-state index contributed by atoms with van der Waals surface area (Å²) in [6.07, 6.45) is 0. The van der Waals surface area contributed by atoms with E-state index in [-0.39, 0.29) is 5.41 Å². The lowest BCUT2D eigenvalue weighted by atomic mass is 9.82. The summed E-state index contributed by atoms with van der Waals surface area (Å²) in [6.45, 7) is 4.74. The van der Waals surface area contributed by atoms with Crippen molar-refractivity contribution in [1.82, 2.24) is 0 Å². The van der Waals surface area contributed by atoms with E-state index in [9.17, 15) is 0 Å². The molecule has 55 heavy (non-hydrogen) atoms. The number of hydrogen-bond donors (Lipinski definition) is 0. The molecule has 0 unspecified atom stereocenters. The summed E-state index contributed by atoms with van der Waals surface area (Å²) in [5, 5.41) is 7.65. The molecule has 260 valence electrons. The van der Waals surface area contributed by atoms with E-state index in [1.165, 1.54) is 86.2 Å². The SMILES string of the molecule is CC1(C)c2ccccc2-c2ccc(N(c3ccc(-c4ccccc4)cc3)c3ccc4sc5ccccc5c4c3-c3cc4ccccc4c4ccccc34)cc21. The predicted octanol–water partition coefficient (Wildman–Crippen LogP) is 15.5. The Kier molecular flexibility index (Phi) is 7.14. The molecule has 0 radical (unpaired) electrons. The van der Waals surface area contributed by atoms with Gasteiger partial charge in [0.15, 0.2) is 0 Å². The summed E-state index contributed by atoms with van der Waals surface area (Å²) in [5.41, 5.74) is 13.6. The third kappa shape index (κ3) is 4.92. The molecular weight excluding hydrogens is 683 g/mol. The Morgan fingerprint density at radius 1 is 0.418 bits per heavy atom. The highest BCUT2D eigenvalue weighted by atomic mass is 32.1. The van der Waals surface area contributed by atoms with Gasteiger partial charge >= 0.3 is 0 Å². The van der Waals surface area contributed by atoms with Crippen molar-refractivity contribution in [1.29, 1.82) is 0 Å². The summed E-state index contributed by atoms with van der Waals surface area (Å²) in [4.78, 5) is 2.51. The molecule has 0 spiro atoms. The number of rotatable bonds is 5. The van der Waals surface area contributed by atoms with Gasteiger partial charge in [0.2, 0.25) is 0 Å². The number of nitrogens with zero attached hydrogens (tertiary/aromatic N) is 1. The third-order valence-electron chi connectivity index (χ3n) is 11.9. The van der Waals surface area contributed by atoms with E-state index >= 15 is 0 Å². The molecule has 0 N–H and O–H groups in total. The minimum Gasteiger partial charge on any atom is -0.310 e. The monoisotopic (exact) mass is 719 g/mol. The summed E-state index contributed by atoms with van der Waals surface area (Å²) >= 11 is 1.88. The van der Waals surface area contributed by atoms with Gasteiger partial charge < -0.3 is 4.90 Å². The van der Waals surface area contributed by atoms with E-state index in [0.29, 0.717) is 0 Å². The van der Waals surface area contributed by atoms with Gasteiger partial charge in [-0.2, -0.15) is 0 Å². The van der Waals surface area contributed by atoms with Crippen molar-refractivity contribution in [2.45, 2.75) is 19.3 Å². The average molecular weight is 720 g/mol. The zero-order valence-corrected chi connectivity index (χ0v) is 31.6. The van der Waals surface area contributed by atoms with Crippen molar-refractivity contribution in [3.05, 3.63) is 199 Å². The summed E-state index contributed by atoms with van der Waals surface area (Å²) in [7, 11) is 0. The van der Waals surface area contributed by atoms with Gasteiger partial charge in [-0.05, 0) is 109 Å². The number of anilines is 3. The quantitative estimate of drug-likeness (QED) is 0.160. The standard InChI is InChI=1S/C53H37NS/c1-53(2)46-22-12-10-20-42(46)43-29-28-38(33-47(43)53)54(37-26-24-35(25-27-37)34-14-4-3-5-15-34)48-30-31-50-52(44-21-11-13-23-49(44)55-50)51(48)45-32-36-16-6-7-17-39(36)40-18-8-9-19-41(40)45/h3-33H,1-2H3. The highest BCUT2D eigenvalue weighted by molar-refractivity contribution is 7.26. The van der Waals surface area contributed by atoms with E-state index in [2.05, 4.69) is 207 Å². The zero-order valence-electron chi connectivity index (χ0n) is 30.8. The van der Waals surface area contributed by atoms with Gasteiger partial charge in [-0.1, -0.05) is 153 Å². The minimum absolute atomic E-state index is 0.129. The first kappa shape index (κ1) is 32.0. The van der Waals surface area contributed by atoms with Crippen LogP contribution in [0.3, 0.4) is 0 Å². The molecular formula is C53H37NS. The lowest BCUT2D eigenvalue weighted by Gasteiger charge is -2.30. The fraction of sp³-hybridized carbons (Fsp3) is 0.0566. The maximum atomic E-state index is 2.51. The second-order valence-electron chi connectivity index (χ2n) is 15.3. The minimum atomic E-state index is -0.129. The topological polar surface area (TPSA) is 3.24 Å². The van der Waals surface area contributed by atoms with E-state index in [1.807, 2.05) is 11.3 Å². The molecule has 0 atom stereocenters. The smallest absolute Gasteiger partial charge is 0.0547 e. The second kappa shape index (κ2) is 12.3. The van der Waals surface area contributed by atoms with Gasteiger partial charge in [0.1, 0.15) is 0 Å². The van der Waals surface area contributed by atoms with Gasteiger partial charge in [0.05, 0.1) is 5.69 Å². The van der Waals surface area contributed by atoms with E-state index in [0.717, 1.165) is 17.1 Å². The van der Waals surface area contributed by atoms with Crippen molar-refractivity contribution in [3.63, 3.8) is 0 Å². The normalized spacial score (nSPS) is 13.1. The maximum Gasteiger partial charge on any atom is 0.0547 e. The molecule has 11 rings (SSSR count).